The summed E-state index contributed by atoms with van der Waals surface area (Å²) in [7, 11) is -1.12. The molecule has 0 saturated carbocycles. The molecule has 7 nitrogen and oxygen atoms in total. The summed E-state index contributed by atoms with van der Waals surface area (Å²) in [6.45, 7) is 14.0. The molecule has 2 aromatic heterocycles. The Morgan fingerprint density at radius 3 is 2.72 bits per heavy atom. The summed E-state index contributed by atoms with van der Waals surface area (Å²) in [6.07, 6.45) is 4.84. The van der Waals surface area contributed by atoms with Gasteiger partial charge in [-0.05, 0) is 50.6 Å². The van der Waals surface area contributed by atoms with Crippen molar-refractivity contribution >= 4 is 42.9 Å². The zero-order chi connectivity index (χ0) is 21.7. The van der Waals surface area contributed by atoms with Crippen LogP contribution in [0.3, 0.4) is 0 Å². The molecule has 0 fully saturated rings. The van der Waals surface area contributed by atoms with Crippen molar-refractivity contribution in [2.75, 3.05) is 13.2 Å². The maximum absolute atomic E-state index is 11.9. The van der Waals surface area contributed by atoms with Crippen LogP contribution in [-0.2, 0) is 16.0 Å². The van der Waals surface area contributed by atoms with Gasteiger partial charge in [-0.25, -0.2) is 9.78 Å². The van der Waals surface area contributed by atoms with Gasteiger partial charge in [0.15, 0.2) is 0 Å². The number of carbonyl (C=O) groups excluding carboxylic acids is 1. The second-order valence-electron chi connectivity index (χ2n) is 9.05. The topological polar surface area (TPSA) is 78.3 Å². The minimum atomic E-state index is -1.12. The molecule has 0 spiro atoms. The summed E-state index contributed by atoms with van der Waals surface area (Å²) >= 11 is 5.98. The van der Waals surface area contributed by atoms with Gasteiger partial charge >= 0.3 is 6.09 Å². The number of fused-ring (bicyclic) bond motifs is 1. The predicted octanol–water partition coefficient (Wildman–Crippen LogP) is 4.93. The molecule has 0 atom stereocenters. The van der Waals surface area contributed by atoms with Crippen molar-refractivity contribution < 1.29 is 14.3 Å². The van der Waals surface area contributed by atoms with E-state index < -0.39 is 19.8 Å². The molecule has 0 bridgehead atoms. The molecule has 160 valence electrons. The van der Waals surface area contributed by atoms with E-state index in [1.165, 1.54) is 0 Å². The number of nitrogens with zero attached hydrogens (tertiary/aromatic N) is 3. The highest BCUT2D eigenvalue weighted by Gasteiger charge is 2.16. The number of carbonyl (C=O) groups is 1. The smallest absolute Gasteiger partial charge is 0.407 e. The molecular weight excluding hydrogens is 408 g/mol. The standard InChI is InChI=1S/C20H31ClN4O3Si/c1-20(2,3)28-19(26)22-8-9-25-16(7-10-27-11-12-29(4,5)6)13-15-14-23-18(21)24-17(15)25/h7,10,13-14H,8-9,11-12H2,1-6H3,(H,22,26)/b10-7+. The molecule has 0 aliphatic rings. The first kappa shape index (κ1) is 23.2. The van der Waals surface area contributed by atoms with E-state index in [1.807, 2.05) is 37.5 Å². The van der Waals surface area contributed by atoms with Crippen molar-refractivity contribution in [3.05, 3.63) is 29.5 Å². The number of amides is 1. The highest BCUT2D eigenvalue weighted by molar-refractivity contribution is 6.76. The van der Waals surface area contributed by atoms with Gasteiger partial charge in [0, 0.05) is 38.4 Å². The van der Waals surface area contributed by atoms with Crippen LogP contribution in [0.1, 0.15) is 26.5 Å². The van der Waals surface area contributed by atoms with Crippen molar-refractivity contribution in [1.82, 2.24) is 19.9 Å². The first-order chi connectivity index (χ1) is 13.4. The summed E-state index contributed by atoms with van der Waals surface area (Å²) in [4.78, 5) is 20.3. The average Bonchev–Trinajstić information content (AvgIpc) is 2.89. The largest absolute Gasteiger partial charge is 0.501 e. The summed E-state index contributed by atoms with van der Waals surface area (Å²) in [6, 6.07) is 3.07. The molecular formula is C20H31ClN4O3Si. The number of nitrogens with one attached hydrogen (secondary N) is 1. The lowest BCUT2D eigenvalue weighted by Gasteiger charge is -2.19. The third-order valence-electron chi connectivity index (χ3n) is 3.95. The molecule has 0 unspecified atom stereocenters. The Labute approximate surface area is 178 Å². The van der Waals surface area contributed by atoms with Crippen LogP contribution < -0.4 is 5.32 Å². The van der Waals surface area contributed by atoms with E-state index in [0.29, 0.717) is 25.3 Å². The highest BCUT2D eigenvalue weighted by Crippen LogP contribution is 2.20. The van der Waals surface area contributed by atoms with Crippen LogP contribution in [0.2, 0.25) is 31.0 Å². The van der Waals surface area contributed by atoms with Crippen LogP contribution in [0.15, 0.2) is 18.5 Å². The number of halogens is 1. The molecule has 0 saturated heterocycles. The van der Waals surface area contributed by atoms with Crippen LogP contribution in [0.5, 0.6) is 0 Å². The summed E-state index contributed by atoms with van der Waals surface area (Å²) in [5, 5.41) is 3.82. The Morgan fingerprint density at radius 2 is 2.07 bits per heavy atom. The number of aromatic nitrogens is 3. The second kappa shape index (κ2) is 9.62. The Bertz CT molecular complexity index is 869. The average molecular weight is 439 g/mol. The van der Waals surface area contributed by atoms with Crippen LogP contribution in [-0.4, -0.2) is 47.5 Å². The molecule has 2 heterocycles. The van der Waals surface area contributed by atoms with Crippen molar-refractivity contribution in [2.24, 2.45) is 0 Å². The van der Waals surface area contributed by atoms with Crippen LogP contribution in [0.25, 0.3) is 17.1 Å². The van der Waals surface area contributed by atoms with E-state index in [-0.39, 0.29) is 5.28 Å². The minimum absolute atomic E-state index is 0.180. The van der Waals surface area contributed by atoms with Crippen LogP contribution in [0, 0.1) is 0 Å². The number of rotatable bonds is 8. The normalized spacial score (nSPS) is 12.5. The van der Waals surface area contributed by atoms with Crippen molar-refractivity contribution in [1.29, 1.82) is 0 Å². The lowest BCUT2D eigenvalue weighted by atomic mass is 10.2. The fourth-order valence-electron chi connectivity index (χ4n) is 2.55. The monoisotopic (exact) mass is 438 g/mol. The van der Waals surface area contributed by atoms with Crippen LogP contribution in [0.4, 0.5) is 4.79 Å². The SMILES string of the molecule is CC(C)(C)OC(=O)NCCn1c(/C=C/OCC[Si](C)(C)C)cc2cnc(Cl)nc21. The third-order valence-corrected chi connectivity index (χ3v) is 5.83. The molecule has 2 rings (SSSR count). The van der Waals surface area contributed by atoms with Gasteiger partial charge in [0.1, 0.15) is 11.2 Å². The van der Waals surface area contributed by atoms with Gasteiger partial charge in [-0.2, -0.15) is 4.98 Å². The maximum atomic E-state index is 11.9. The van der Waals surface area contributed by atoms with E-state index in [2.05, 4.69) is 34.9 Å². The highest BCUT2D eigenvalue weighted by atomic mass is 35.5. The Morgan fingerprint density at radius 1 is 1.34 bits per heavy atom. The third kappa shape index (κ3) is 8.06. The number of ether oxygens (including phenoxy) is 2. The van der Waals surface area contributed by atoms with Gasteiger partial charge < -0.3 is 19.4 Å². The lowest BCUT2D eigenvalue weighted by molar-refractivity contribution is 0.0526. The number of hydrogen-bond donors (Lipinski definition) is 1. The molecule has 0 aliphatic carbocycles. The summed E-state index contributed by atoms with van der Waals surface area (Å²) < 4.78 is 12.9. The van der Waals surface area contributed by atoms with Gasteiger partial charge in [0.25, 0.3) is 0 Å². The van der Waals surface area contributed by atoms with Gasteiger partial charge in [-0.1, -0.05) is 19.6 Å². The Balaban J connectivity index is 2.09. The van der Waals surface area contributed by atoms with E-state index in [1.54, 1.807) is 12.5 Å². The van der Waals surface area contributed by atoms with E-state index in [9.17, 15) is 4.79 Å². The molecule has 1 amide bonds. The maximum Gasteiger partial charge on any atom is 0.407 e. The van der Waals surface area contributed by atoms with Gasteiger partial charge in [0.2, 0.25) is 5.28 Å². The van der Waals surface area contributed by atoms with E-state index in [4.69, 9.17) is 21.1 Å². The van der Waals surface area contributed by atoms with Gasteiger partial charge in [-0.15, -0.1) is 0 Å². The lowest BCUT2D eigenvalue weighted by Crippen LogP contribution is -2.34. The first-order valence-electron chi connectivity index (χ1n) is 9.71. The zero-order valence-corrected chi connectivity index (χ0v) is 19.8. The van der Waals surface area contributed by atoms with E-state index in [0.717, 1.165) is 17.1 Å². The predicted molar refractivity (Wildman–Crippen MR) is 120 cm³/mol. The zero-order valence-electron chi connectivity index (χ0n) is 18.1. The summed E-state index contributed by atoms with van der Waals surface area (Å²) in [5.41, 5.74) is 1.07. The molecule has 1 N–H and O–H groups in total. The van der Waals surface area contributed by atoms with Gasteiger partial charge in [0.05, 0.1) is 12.9 Å². The quantitative estimate of drug-likeness (QED) is 0.273. The molecule has 9 heteroatoms. The Hall–Kier alpha value is -2.06. The molecule has 29 heavy (non-hydrogen) atoms. The number of alkyl carbamates (subject to hydrolysis) is 1. The molecule has 0 aromatic carbocycles. The molecule has 2 aromatic rings. The molecule has 0 aliphatic heterocycles. The molecule has 0 radical (unpaired) electrons. The number of hydrogen-bond acceptors (Lipinski definition) is 5. The van der Waals surface area contributed by atoms with Crippen molar-refractivity contribution in [3.8, 4) is 0 Å². The van der Waals surface area contributed by atoms with Crippen LogP contribution >= 0.6 is 11.6 Å². The first-order valence-corrected chi connectivity index (χ1v) is 13.8. The fraction of sp³-hybridized carbons (Fsp3) is 0.550. The van der Waals surface area contributed by atoms with E-state index >= 15 is 0 Å². The second-order valence-corrected chi connectivity index (χ2v) is 15.0. The van der Waals surface area contributed by atoms with Crippen molar-refractivity contribution in [3.63, 3.8) is 0 Å². The van der Waals surface area contributed by atoms with Crippen molar-refractivity contribution in [2.45, 2.75) is 58.6 Å². The van der Waals surface area contributed by atoms with Gasteiger partial charge in [-0.3, -0.25) is 0 Å². The summed E-state index contributed by atoms with van der Waals surface area (Å²) in [5.74, 6) is 0. The minimum Gasteiger partial charge on any atom is -0.501 e. The fourth-order valence-corrected chi connectivity index (χ4v) is 3.41. The Kier molecular flexibility index (Phi) is 7.71.